The van der Waals surface area contributed by atoms with Crippen LogP contribution in [0.15, 0.2) is 24.5 Å². The van der Waals surface area contributed by atoms with Crippen LogP contribution in [0.5, 0.6) is 0 Å². The standard InChI is InChI=1S/C27H42O13/c1-5-14-16(7-21(31)37-10-17-13(3)19(30)6-15(17)12(2)8-28)18(25(35)36-4)11-38-26(14)40-27-24(34)23(33)22(32)20(9-29)39-27/h5,11-17,19-20,22-24,26-30,32-34H,1,6-10H2,2-4H3/t12-,13-,14-,15+,16-,17-,19-,20-,22+,23+,24+,26-,27+/m1/s1. The molecule has 2 heterocycles. The molecule has 0 bridgehead atoms. The molecule has 0 aromatic heterocycles. The van der Waals surface area contributed by atoms with E-state index < -0.39 is 73.5 Å². The number of aliphatic hydroxyl groups is 6. The molecule has 13 atom stereocenters. The van der Waals surface area contributed by atoms with Gasteiger partial charge >= 0.3 is 11.9 Å². The highest BCUT2D eigenvalue weighted by molar-refractivity contribution is 5.90. The third kappa shape index (κ3) is 6.85. The van der Waals surface area contributed by atoms with Gasteiger partial charge in [-0.1, -0.05) is 19.9 Å². The number of carbonyl (C=O) groups excluding carboxylic acids is 2. The molecule has 3 rings (SSSR count). The highest BCUT2D eigenvalue weighted by Crippen LogP contribution is 2.42. The first-order chi connectivity index (χ1) is 19.0. The minimum Gasteiger partial charge on any atom is -0.471 e. The Morgan fingerprint density at radius 3 is 2.45 bits per heavy atom. The third-order valence-corrected chi connectivity index (χ3v) is 8.51. The van der Waals surface area contributed by atoms with Gasteiger partial charge in [0.05, 0.1) is 44.7 Å². The lowest BCUT2D eigenvalue weighted by molar-refractivity contribution is -0.339. The fourth-order valence-electron chi connectivity index (χ4n) is 5.83. The van der Waals surface area contributed by atoms with Gasteiger partial charge in [-0.05, 0) is 24.2 Å². The van der Waals surface area contributed by atoms with Crippen molar-refractivity contribution < 1.29 is 63.9 Å². The predicted molar refractivity (Wildman–Crippen MR) is 136 cm³/mol. The highest BCUT2D eigenvalue weighted by Gasteiger charge is 2.48. The number of ether oxygens (including phenoxy) is 5. The quantitative estimate of drug-likeness (QED) is 0.127. The molecule has 1 saturated heterocycles. The zero-order valence-corrected chi connectivity index (χ0v) is 22.9. The lowest BCUT2D eigenvalue weighted by Crippen LogP contribution is -2.60. The Hall–Kier alpha value is -2.10. The van der Waals surface area contributed by atoms with E-state index in [4.69, 9.17) is 23.7 Å². The average Bonchev–Trinajstić information content (AvgIpc) is 3.24. The van der Waals surface area contributed by atoms with Crippen LogP contribution in [0.2, 0.25) is 0 Å². The van der Waals surface area contributed by atoms with Crippen molar-refractivity contribution >= 4 is 11.9 Å². The molecule has 0 aromatic carbocycles. The molecule has 228 valence electrons. The first-order valence-electron chi connectivity index (χ1n) is 13.5. The number of esters is 2. The molecule has 1 aliphatic carbocycles. The number of hydrogen-bond acceptors (Lipinski definition) is 13. The summed E-state index contributed by atoms with van der Waals surface area (Å²) in [6.45, 7) is 6.84. The summed E-state index contributed by atoms with van der Waals surface area (Å²) in [5, 5.41) is 59.9. The van der Waals surface area contributed by atoms with Crippen LogP contribution in [-0.2, 0) is 33.3 Å². The Balaban J connectivity index is 1.74. The molecule has 2 fully saturated rings. The number of methoxy groups -OCH3 is 1. The molecule has 0 unspecified atom stereocenters. The van der Waals surface area contributed by atoms with Crippen molar-refractivity contribution in [1.29, 1.82) is 0 Å². The lowest BCUT2D eigenvalue weighted by atomic mass is 9.81. The zero-order valence-electron chi connectivity index (χ0n) is 22.9. The summed E-state index contributed by atoms with van der Waals surface area (Å²) >= 11 is 0. The minimum absolute atomic E-state index is 0.0226. The lowest BCUT2D eigenvalue weighted by Gasteiger charge is -2.42. The Morgan fingerprint density at radius 1 is 1.15 bits per heavy atom. The summed E-state index contributed by atoms with van der Waals surface area (Å²) < 4.78 is 27.2. The molecule has 40 heavy (non-hydrogen) atoms. The molecular weight excluding hydrogens is 532 g/mol. The second-order valence-corrected chi connectivity index (χ2v) is 10.9. The molecule has 13 nitrogen and oxygen atoms in total. The van der Waals surface area contributed by atoms with E-state index in [-0.39, 0.29) is 48.9 Å². The number of carbonyl (C=O) groups is 2. The Labute approximate surface area is 232 Å². The molecule has 0 spiro atoms. The van der Waals surface area contributed by atoms with E-state index >= 15 is 0 Å². The van der Waals surface area contributed by atoms with Gasteiger partial charge in [0.15, 0.2) is 6.29 Å². The maximum absolute atomic E-state index is 13.0. The molecule has 13 heteroatoms. The maximum Gasteiger partial charge on any atom is 0.337 e. The van der Waals surface area contributed by atoms with Crippen molar-refractivity contribution in [1.82, 2.24) is 0 Å². The molecule has 0 radical (unpaired) electrons. The average molecular weight is 575 g/mol. The van der Waals surface area contributed by atoms with Crippen LogP contribution in [0.1, 0.15) is 26.7 Å². The monoisotopic (exact) mass is 574 g/mol. The summed E-state index contributed by atoms with van der Waals surface area (Å²) in [7, 11) is 1.17. The smallest absolute Gasteiger partial charge is 0.337 e. The maximum atomic E-state index is 13.0. The fraction of sp³-hybridized carbons (Fsp3) is 0.778. The fourth-order valence-corrected chi connectivity index (χ4v) is 5.83. The Morgan fingerprint density at radius 2 is 1.85 bits per heavy atom. The van der Waals surface area contributed by atoms with Crippen molar-refractivity contribution in [2.45, 2.75) is 69.8 Å². The van der Waals surface area contributed by atoms with Crippen LogP contribution >= 0.6 is 0 Å². The minimum atomic E-state index is -1.70. The van der Waals surface area contributed by atoms with Gasteiger partial charge in [-0.2, -0.15) is 0 Å². The van der Waals surface area contributed by atoms with E-state index in [2.05, 4.69) is 6.58 Å². The second-order valence-electron chi connectivity index (χ2n) is 10.9. The van der Waals surface area contributed by atoms with Crippen molar-refractivity contribution in [3.8, 4) is 0 Å². The van der Waals surface area contributed by atoms with Crippen molar-refractivity contribution in [3.05, 3.63) is 24.5 Å². The van der Waals surface area contributed by atoms with Crippen molar-refractivity contribution in [2.24, 2.45) is 35.5 Å². The van der Waals surface area contributed by atoms with Crippen molar-refractivity contribution in [2.75, 3.05) is 26.9 Å². The Bertz CT molecular complexity index is 907. The zero-order chi connectivity index (χ0) is 29.7. The second kappa shape index (κ2) is 14.2. The van der Waals surface area contributed by atoms with Gasteiger partial charge < -0.3 is 54.3 Å². The summed E-state index contributed by atoms with van der Waals surface area (Å²) in [4.78, 5) is 25.6. The SMILES string of the molecule is C=C[C@H]1[C@@H](O[C@@H]2O[C@H](CO)[C@H](O)[C@H](O)[C@@H]2O)OC=C(C(=O)OC)[C@@H]1CC(=O)OC[C@@H]1[C@@H](C)[C@H](O)C[C@H]1[C@H](C)CO. The van der Waals surface area contributed by atoms with Gasteiger partial charge in [-0.25, -0.2) is 4.79 Å². The summed E-state index contributed by atoms with van der Waals surface area (Å²) in [5.41, 5.74) is 0.0226. The topological polar surface area (TPSA) is 202 Å². The van der Waals surface area contributed by atoms with E-state index in [0.717, 1.165) is 6.26 Å². The van der Waals surface area contributed by atoms with E-state index in [1.165, 1.54) is 13.2 Å². The van der Waals surface area contributed by atoms with E-state index in [9.17, 15) is 40.2 Å². The van der Waals surface area contributed by atoms with Crippen LogP contribution in [0.4, 0.5) is 0 Å². The summed E-state index contributed by atoms with van der Waals surface area (Å²) in [6.07, 6.45) is -6.83. The van der Waals surface area contributed by atoms with Gasteiger partial charge in [0.2, 0.25) is 6.29 Å². The first kappa shape index (κ1) is 32.4. The number of aliphatic hydroxyl groups excluding tert-OH is 6. The molecular formula is C27H42O13. The highest BCUT2D eigenvalue weighted by atomic mass is 16.8. The predicted octanol–water partition coefficient (Wildman–Crippen LogP) is -1.17. The normalized spacial score (nSPS) is 40.5. The van der Waals surface area contributed by atoms with E-state index in [0.29, 0.717) is 6.42 Å². The molecule has 1 saturated carbocycles. The molecule has 6 N–H and O–H groups in total. The van der Waals surface area contributed by atoms with Crippen LogP contribution in [0, 0.1) is 35.5 Å². The van der Waals surface area contributed by atoms with E-state index in [1.54, 1.807) is 0 Å². The largest absolute Gasteiger partial charge is 0.471 e. The Kier molecular flexibility index (Phi) is 11.5. The van der Waals surface area contributed by atoms with Crippen LogP contribution in [-0.4, -0.2) is 113 Å². The molecule has 2 aliphatic heterocycles. The van der Waals surface area contributed by atoms with Crippen LogP contribution in [0.3, 0.4) is 0 Å². The molecule has 0 amide bonds. The van der Waals surface area contributed by atoms with Gasteiger partial charge in [0, 0.05) is 24.4 Å². The van der Waals surface area contributed by atoms with Crippen LogP contribution < -0.4 is 0 Å². The van der Waals surface area contributed by atoms with Crippen LogP contribution in [0.25, 0.3) is 0 Å². The summed E-state index contributed by atoms with van der Waals surface area (Å²) in [5.74, 6) is -3.54. The number of rotatable bonds is 11. The molecule has 0 aromatic rings. The van der Waals surface area contributed by atoms with Gasteiger partial charge in [-0.3, -0.25) is 4.79 Å². The van der Waals surface area contributed by atoms with E-state index in [1.807, 2.05) is 13.8 Å². The third-order valence-electron chi connectivity index (χ3n) is 8.51. The summed E-state index contributed by atoms with van der Waals surface area (Å²) in [6, 6.07) is 0. The van der Waals surface area contributed by atoms with Gasteiger partial charge in [0.1, 0.15) is 24.4 Å². The van der Waals surface area contributed by atoms with Gasteiger partial charge in [0.25, 0.3) is 0 Å². The number of hydrogen-bond donors (Lipinski definition) is 6. The molecule has 3 aliphatic rings. The first-order valence-corrected chi connectivity index (χ1v) is 13.5. The van der Waals surface area contributed by atoms with Crippen molar-refractivity contribution in [3.63, 3.8) is 0 Å². The van der Waals surface area contributed by atoms with Gasteiger partial charge in [-0.15, -0.1) is 6.58 Å².